The van der Waals surface area contributed by atoms with Crippen LogP contribution < -0.4 is 15.9 Å². The van der Waals surface area contributed by atoms with Gasteiger partial charge in [0.15, 0.2) is 0 Å². The van der Waals surface area contributed by atoms with Crippen LogP contribution in [0.5, 0.6) is 5.75 Å². The molecule has 0 fully saturated rings. The summed E-state index contributed by atoms with van der Waals surface area (Å²) in [5.74, 6) is 0.569. The van der Waals surface area contributed by atoms with Gasteiger partial charge in [-0.1, -0.05) is 19.1 Å². The predicted octanol–water partition coefficient (Wildman–Crippen LogP) is 0.720. The van der Waals surface area contributed by atoms with Gasteiger partial charge in [0.2, 0.25) is 0 Å². The average Bonchev–Trinajstić information content (AvgIpc) is 2.37. The van der Waals surface area contributed by atoms with Crippen molar-refractivity contribution < 1.29 is 9.53 Å². The van der Waals surface area contributed by atoms with Crippen molar-refractivity contribution in [2.24, 2.45) is 5.73 Å². The van der Waals surface area contributed by atoms with E-state index in [0.29, 0.717) is 6.42 Å². The fourth-order valence-electron chi connectivity index (χ4n) is 1.84. The second-order valence-corrected chi connectivity index (χ2v) is 4.68. The maximum atomic E-state index is 11.8. The van der Waals surface area contributed by atoms with E-state index in [1.165, 1.54) is 5.56 Å². The Balaban J connectivity index is 2.82. The molecule has 0 bridgehead atoms. The molecule has 1 aromatic rings. The number of carbonyl (C=O) groups excluding carboxylic acids is 1. The molecule has 0 aliphatic carbocycles. The first-order valence-electron chi connectivity index (χ1n) is 6.37. The van der Waals surface area contributed by atoms with E-state index in [2.05, 4.69) is 12.3 Å². The van der Waals surface area contributed by atoms with E-state index in [1.807, 2.05) is 18.2 Å². The Morgan fingerprint density at radius 3 is 2.68 bits per heavy atom. The summed E-state index contributed by atoms with van der Waals surface area (Å²) in [7, 11) is 5.13. The second-order valence-electron chi connectivity index (χ2n) is 4.68. The number of benzene rings is 1. The summed E-state index contributed by atoms with van der Waals surface area (Å²) in [5.41, 5.74) is 10.7. The minimum Gasteiger partial charge on any atom is -0.496 e. The molecule has 5 heteroatoms. The topological polar surface area (TPSA) is 67.6 Å². The van der Waals surface area contributed by atoms with E-state index in [-0.39, 0.29) is 5.91 Å². The number of aryl methyl sites for hydroxylation is 1. The maximum Gasteiger partial charge on any atom is 0.251 e. The SMILES string of the molecule is CCc1ccc(OC)c(CC(N)C(=O)NN(C)C)c1. The number of nitrogens with two attached hydrogens (primary N) is 1. The Hall–Kier alpha value is -1.59. The van der Waals surface area contributed by atoms with Gasteiger partial charge in [-0.15, -0.1) is 0 Å². The molecule has 3 N–H and O–H groups in total. The van der Waals surface area contributed by atoms with Crippen molar-refractivity contribution in [2.45, 2.75) is 25.8 Å². The van der Waals surface area contributed by atoms with Crippen LogP contribution in [0.4, 0.5) is 0 Å². The highest BCUT2D eigenvalue weighted by molar-refractivity contribution is 5.81. The summed E-state index contributed by atoms with van der Waals surface area (Å²) in [6.45, 7) is 2.09. The number of nitrogens with one attached hydrogen (secondary N) is 1. The lowest BCUT2D eigenvalue weighted by molar-refractivity contribution is -0.126. The molecule has 0 aliphatic rings. The van der Waals surface area contributed by atoms with Crippen molar-refractivity contribution in [3.63, 3.8) is 0 Å². The lowest BCUT2D eigenvalue weighted by atomic mass is 10.0. The molecule has 0 aliphatic heterocycles. The highest BCUT2D eigenvalue weighted by Crippen LogP contribution is 2.21. The summed E-state index contributed by atoms with van der Waals surface area (Å²) >= 11 is 0. The quantitative estimate of drug-likeness (QED) is 0.744. The molecule has 1 unspecified atom stereocenters. The summed E-state index contributed by atoms with van der Waals surface area (Å²) in [6, 6.07) is 5.39. The van der Waals surface area contributed by atoms with Crippen molar-refractivity contribution in [3.8, 4) is 5.75 Å². The number of ether oxygens (including phenoxy) is 1. The first-order valence-corrected chi connectivity index (χ1v) is 6.37. The number of carbonyl (C=O) groups is 1. The van der Waals surface area contributed by atoms with Gasteiger partial charge >= 0.3 is 0 Å². The smallest absolute Gasteiger partial charge is 0.251 e. The van der Waals surface area contributed by atoms with E-state index in [1.54, 1.807) is 26.2 Å². The summed E-state index contributed by atoms with van der Waals surface area (Å²) in [5, 5.41) is 1.59. The number of methoxy groups -OCH3 is 1. The molecule has 1 rings (SSSR count). The molecule has 106 valence electrons. The predicted molar refractivity (Wildman–Crippen MR) is 75.9 cm³/mol. The highest BCUT2D eigenvalue weighted by atomic mass is 16.5. The average molecular weight is 265 g/mol. The van der Waals surface area contributed by atoms with Gasteiger partial charge in [-0.2, -0.15) is 0 Å². The van der Waals surface area contributed by atoms with Crippen LogP contribution in [0.2, 0.25) is 0 Å². The molecule has 0 saturated carbocycles. The molecule has 0 heterocycles. The lowest BCUT2D eigenvalue weighted by Crippen LogP contribution is -2.47. The van der Waals surface area contributed by atoms with Gasteiger partial charge in [-0.25, -0.2) is 5.01 Å². The lowest BCUT2D eigenvalue weighted by Gasteiger charge is -2.18. The van der Waals surface area contributed by atoms with Gasteiger partial charge in [0.25, 0.3) is 5.91 Å². The molecular weight excluding hydrogens is 242 g/mol. The minimum atomic E-state index is -0.594. The summed E-state index contributed by atoms with van der Waals surface area (Å²) in [4.78, 5) is 11.8. The zero-order valence-corrected chi connectivity index (χ0v) is 12.1. The summed E-state index contributed by atoms with van der Waals surface area (Å²) in [6.07, 6.45) is 1.40. The van der Waals surface area contributed by atoms with Gasteiger partial charge in [0.05, 0.1) is 13.2 Å². The number of amides is 1. The van der Waals surface area contributed by atoms with Crippen molar-refractivity contribution >= 4 is 5.91 Å². The fourth-order valence-corrected chi connectivity index (χ4v) is 1.84. The van der Waals surface area contributed by atoms with Gasteiger partial charge in [0.1, 0.15) is 5.75 Å². The van der Waals surface area contributed by atoms with Crippen LogP contribution in [0, 0.1) is 0 Å². The largest absolute Gasteiger partial charge is 0.496 e. The number of hydrogen-bond donors (Lipinski definition) is 2. The monoisotopic (exact) mass is 265 g/mol. The van der Waals surface area contributed by atoms with Crippen molar-refractivity contribution in [1.29, 1.82) is 0 Å². The molecule has 1 atom stereocenters. The Morgan fingerprint density at radius 1 is 1.47 bits per heavy atom. The van der Waals surface area contributed by atoms with E-state index in [9.17, 15) is 4.79 Å². The molecule has 0 radical (unpaired) electrons. The normalized spacial score (nSPS) is 12.3. The van der Waals surface area contributed by atoms with Crippen molar-refractivity contribution in [1.82, 2.24) is 10.4 Å². The second kappa shape index (κ2) is 7.11. The van der Waals surface area contributed by atoms with Crippen molar-refractivity contribution in [2.75, 3.05) is 21.2 Å². The van der Waals surface area contributed by atoms with Crippen LogP contribution in [0.15, 0.2) is 18.2 Å². The third-order valence-corrected chi connectivity index (χ3v) is 2.86. The first kappa shape index (κ1) is 15.5. The van der Waals surface area contributed by atoms with E-state index in [0.717, 1.165) is 17.7 Å². The molecule has 0 spiro atoms. The van der Waals surface area contributed by atoms with Crippen LogP contribution in [0.25, 0.3) is 0 Å². The zero-order chi connectivity index (χ0) is 14.4. The van der Waals surface area contributed by atoms with E-state index >= 15 is 0 Å². The Bertz CT molecular complexity index is 433. The molecular formula is C14H23N3O2. The van der Waals surface area contributed by atoms with Gasteiger partial charge in [-0.05, 0) is 23.6 Å². The Morgan fingerprint density at radius 2 is 2.16 bits per heavy atom. The molecule has 0 saturated heterocycles. The van der Waals surface area contributed by atoms with Crippen LogP contribution in [0.1, 0.15) is 18.1 Å². The van der Waals surface area contributed by atoms with Gasteiger partial charge in [0, 0.05) is 20.5 Å². The van der Waals surface area contributed by atoms with E-state index < -0.39 is 6.04 Å². The number of rotatable bonds is 6. The number of hydrogen-bond acceptors (Lipinski definition) is 4. The van der Waals surface area contributed by atoms with Crippen LogP contribution in [0.3, 0.4) is 0 Å². The molecule has 0 aromatic heterocycles. The maximum absolute atomic E-state index is 11.8. The molecule has 1 amide bonds. The van der Waals surface area contributed by atoms with Crippen LogP contribution in [-0.4, -0.2) is 38.2 Å². The zero-order valence-electron chi connectivity index (χ0n) is 12.1. The fraction of sp³-hybridized carbons (Fsp3) is 0.500. The Kier molecular flexibility index (Phi) is 5.79. The molecule has 19 heavy (non-hydrogen) atoms. The Labute approximate surface area is 114 Å². The van der Waals surface area contributed by atoms with Crippen LogP contribution in [-0.2, 0) is 17.6 Å². The molecule has 5 nitrogen and oxygen atoms in total. The third-order valence-electron chi connectivity index (χ3n) is 2.86. The first-order chi connectivity index (χ1) is 8.97. The third kappa shape index (κ3) is 4.54. The van der Waals surface area contributed by atoms with Gasteiger partial charge in [-0.3, -0.25) is 10.2 Å². The van der Waals surface area contributed by atoms with E-state index in [4.69, 9.17) is 10.5 Å². The minimum absolute atomic E-state index is 0.200. The number of nitrogens with zero attached hydrogens (tertiary/aromatic N) is 1. The standard InChI is InChI=1S/C14H23N3O2/c1-5-10-6-7-13(19-4)11(8-10)9-12(15)14(18)16-17(2)3/h6-8,12H,5,9,15H2,1-4H3,(H,16,18). The molecule has 1 aromatic carbocycles. The summed E-state index contributed by atoms with van der Waals surface area (Å²) < 4.78 is 5.31. The van der Waals surface area contributed by atoms with Gasteiger partial charge < -0.3 is 10.5 Å². The highest BCUT2D eigenvalue weighted by Gasteiger charge is 2.17. The number of hydrazine groups is 1. The van der Waals surface area contributed by atoms with Crippen LogP contribution >= 0.6 is 0 Å². The van der Waals surface area contributed by atoms with Crippen molar-refractivity contribution in [3.05, 3.63) is 29.3 Å².